The number of benzene rings is 1. The monoisotopic (exact) mass is 162 g/mol. The van der Waals surface area contributed by atoms with Gasteiger partial charge in [-0.15, -0.1) is 0 Å². The SMILES string of the molecule is c1ccc(CC2OC23CO3)cc1. The minimum absolute atomic E-state index is 0.129. The number of rotatable bonds is 2. The molecule has 12 heavy (non-hydrogen) atoms. The van der Waals surface area contributed by atoms with Crippen molar-refractivity contribution in [2.45, 2.75) is 18.3 Å². The highest BCUT2D eigenvalue weighted by atomic mass is 16.9. The highest BCUT2D eigenvalue weighted by molar-refractivity contribution is 5.19. The van der Waals surface area contributed by atoms with Crippen LogP contribution in [0.3, 0.4) is 0 Å². The number of ether oxygens (including phenoxy) is 2. The Balaban J connectivity index is 1.69. The van der Waals surface area contributed by atoms with Gasteiger partial charge in [-0.05, 0) is 5.56 Å². The fraction of sp³-hybridized carbons (Fsp3) is 0.400. The number of hydrogen-bond donors (Lipinski definition) is 0. The van der Waals surface area contributed by atoms with Gasteiger partial charge in [0.2, 0.25) is 5.79 Å². The Morgan fingerprint density at radius 2 is 2.08 bits per heavy atom. The van der Waals surface area contributed by atoms with Crippen molar-refractivity contribution in [1.29, 1.82) is 0 Å². The van der Waals surface area contributed by atoms with Gasteiger partial charge in [-0.2, -0.15) is 0 Å². The summed E-state index contributed by atoms with van der Waals surface area (Å²) in [5.41, 5.74) is 1.33. The third-order valence-corrected chi connectivity index (χ3v) is 2.47. The second kappa shape index (κ2) is 2.09. The molecular weight excluding hydrogens is 152 g/mol. The van der Waals surface area contributed by atoms with Gasteiger partial charge >= 0.3 is 0 Å². The molecule has 2 aliphatic rings. The summed E-state index contributed by atoms with van der Waals surface area (Å²) in [6, 6.07) is 10.4. The van der Waals surface area contributed by atoms with E-state index in [4.69, 9.17) is 9.47 Å². The van der Waals surface area contributed by atoms with Crippen LogP contribution in [0, 0.1) is 0 Å². The summed E-state index contributed by atoms with van der Waals surface area (Å²) in [6.45, 7) is 0.796. The number of epoxide rings is 2. The molecule has 1 aromatic rings. The molecule has 0 aliphatic carbocycles. The molecular formula is C10H10O2. The second-order valence-electron chi connectivity index (χ2n) is 3.40. The van der Waals surface area contributed by atoms with Gasteiger partial charge in [-0.3, -0.25) is 0 Å². The van der Waals surface area contributed by atoms with Gasteiger partial charge in [-0.25, -0.2) is 0 Å². The molecule has 2 nitrogen and oxygen atoms in total. The average Bonchev–Trinajstić information content (AvgIpc) is 2.98. The van der Waals surface area contributed by atoms with Gasteiger partial charge in [-0.1, -0.05) is 30.3 Å². The lowest BCUT2D eigenvalue weighted by molar-refractivity contribution is 0.251. The Bertz CT molecular complexity index is 290. The van der Waals surface area contributed by atoms with Crippen LogP contribution in [0.5, 0.6) is 0 Å². The first kappa shape index (κ1) is 6.63. The van der Waals surface area contributed by atoms with Crippen LogP contribution >= 0.6 is 0 Å². The van der Waals surface area contributed by atoms with Crippen LogP contribution < -0.4 is 0 Å². The van der Waals surface area contributed by atoms with Crippen LogP contribution in [0.2, 0.25) is 0 Å². The van der Waals surface area contributed by atoms with E-state index in [1.807, 2.05) is 6.07 Å². The van der Waals surface area contributed by atoms with Crippen molar-refractivity contribution in [1.82, 2.24) is 0 Å². The van der Waals surface area contributed by atoms with Gasteiger partial charge in [0.1, 0.15) is 12.7 Å². The molecule has 0 bridgehead atoms. The smallest absolute Gasteiger partial charge is 0.220 e. The summed E-state index contributed by atoms with van der Waals surface area (Å²) in [5.74, 6) is -0.129. The molecule has 1 spiro atoms. The molecule has 2 atom stereocenters. The zero-order chi connectivity index (χ0) is 8.02. The fourth-order valence-electron chi connectivity index (χ4n) is 1.56. The molecule has 2 aliphatic heterocycles. The molecule has 0 N–H and O–H groups in total. The van der Waals surface area contributed by atoms with Crippen LogP contribution in [-0.2, 0) is 15.9 Å². The van der Waals surface area contributed by atoms with Gasteiger partial charge in [0.05, 0.1) is 0 Å². The maximum Gasteiger partial charge on any atom is 0.220 e. The zero-order valence-electron chi connectivity index (χ0n) is 6.69. The molecule has 2 heteroatoms. The van der Waals surface area contributed by atoms with Crippen molar-refractivity contribution >= 4 is 0 Å². The normalized spacial score (nSPS) is 36.8. The zero-order valence-corrected chi connectivity index (χ0v) is 6.69. The van der Waals surface area contributed by atoms with E-state index in [-0.39, 0.29) is 5.79 Å². The van der Waals surface area contributed by atoms with Gasteiger partial charge in [0.25, 0.3) is 0 Å². The fourth-order valence-corrected chi connectivity index (χ4v) is 1.56. The van der Waals surface area contributed by atoms with Gasteiger partial charge < -0.3 is 9.47 Å². The lowest BCUT2D eigenvalue weighted by Gasteiger charge is -1.94. The third-order valence-electron chi connectivity index (χ3n) is 2.47. The molecule has 0 aromatic heterocycles. The molecule has 2 fully saturated rings. The summed E-state index contributed by atoms with van der Waals surface area (Å²) < 4.78 is 10.6. The molecule has 1 aromatic carbocycles. The molecule has 2 unspecified atom stereocenters. The van der Waals surface area contributed by atoms with Gasteiger partial charge in [0.15, 0.2) is 0 Å². The van der Waals surface area contributed by atoms with E-state index in [0.29, 0.717) is 6.10 Å². The third kappa shape index (κ3) is 0.958. The Hall–Kier alpha value is -0.860. The lowest BCUT2D eigenvalue weighted by Crippen LogP contribution is -1.98. The van der Waals surface area contributed by atoms with Crippen molar-refractivity contribution in [3.8, 4) is 0 Å². The van der Waals surface area contributed by atoms with Crippen molar-refractivity contribution in [2.24, 2.45) is 0 Å². The van der Waals surface area contributed by atoms with Crippen molar-refractivity contribution < 1.29 is 9.47 Å². The van der Waals surface area contributed by atoms with Crippen LogP contribution in [0.25, 0.3) is 0 Å². The highest BCUT2D eigenvalue weighted by Crippen LogP contribution is 2.50. The molecule has 62 valence electrons. The van der Waals surface area contributed by atoms with Crippen LogP contribution in [-0.4, -0.2) is 18.5 Å². The van der Waals surface area contributed by atoms with Gasteiger partial charge in [0, 0.05) is 6.42 Å². The standard InChI is InChI=1S/C10H10O2/c1-2-4-8(5-3-1)6-9-10(12-9)7-11-10/h1-5,9H,6-7H2. The van der Waals surface area contributed by atoms with E-state index >= 15 is 0 Å². The molecule has 2 heterocycles. The Kier molecular flexibility index (Phi) is 1.15. The van der Waals surface area contributed by atoms with Crippen LogP contribution in [0.1, 0.15) is 5.56 Å². The Morgan fingerprint density at radius 1 is 1.33 bits per heavy atom. The lowest BCUT2D eigenvalue weighted by atomic mass is 10.1. The molecule has 2 saturated heterocycles. The van der Waals surface area contributed by atoms with Crippen LogP contribution in [0.15, 0.2) is 30.3 Å². The van der Waals surface area contributed by atoms with E-state index in [1.165, 1.54) is 5.56 Å². The minimum atomic E-state index is -0.129. The van der Waals surface area contributed by atoms with Crippen molar-refractivity contribution in [2.75, 3.05) is 6.61 Å². The topological polar surface area (TPSA) is 25.1 Å². The summed E-state index contributed by atoms with van der Waals surface area (Å²) >= 11 is 0. The van der Waals surface area contributed by atoms with Crippen LogP contribution in [0.4, 0.5) is 0 Å². The number of hydrogen-bond acceptors (Lipinski definition) is 2. The summed E-state index contributed by atoms with van der Waals surface area (Å²) in [6.07, 6.45) is 1.31. The molecule has 3 rings (SSSR count). The quantitative estimate of drug-likeness (QED) is 0.613. The Morgan fingerprint density at radius 3 is 2.67 bits per heavy atom. The van der Waals surface area contributed by atoms with E-state index in [1.54, 1.807) is 0 Å². The summed E-state index contributed by atoms with van der Waals surface area (Å²) in [7, 11) is 0. The van der Waals surface area contributed by atoms with E-state index < -0.39 is 0 Å². The molecule has 0 saturated carbocycles. The predicted octanol–water partition coefficient (Wildman–Crippen LogP) is 1.35. The predicted molar refractivity (Wildman–Crippen MR) is 43.7 cm³/mol. The van der Waals surface area contributed by atoms with E-state index in [0.717, 1.165) is 13.0 Å². The van der Waals surface area contributed by atoms with E-state index in [9.17, 15) is 0 Å². The molecule has 0 amide bonds. The first-order valence-corrected chi connectivity index (χ1v) is 4.25. The van der Waals surface area contributed by atoms with Crippen molar-refractivity contribution in [3.05, 3.63) is 35.9 Å². The molecule has 0 radical (unpaired) electrons. The highest BCUT2D eigenvalue weighted by Gasteiger charge is 2.68. The first-order valence-electron chi connectivity index (χ1n) is 4.25. The second-order valence-corrected chi connectivity index (χ2v) is 3.40. The summed E-state index contributed by atoms with van der Waals surface area (Å²) in [4.78, 5) is 0. The van der Waals surface area contributed by atoms with Crippen molar-refractivity contribution in [3.63, 3.8) is 0 Å². The maximum absolute atomic E-state index is 5.40. The average molecular weight is 162 g/mol. The first-order chi connectivity index (χ1) is 5.89. The Labute approximate surface area is 71.1 Å². The largest absolute Gasteiger partial charge is 0.340 e. The minimum Gasteiger partial charge on any atom is -0.340 e. The van der Waals surface area contributed by atoms with E-state index in [2.05, 4.69) is 24.3 Å². The summed E-state index contributed by atoms with van der Waals surface area (Å²) in [5, 5.41) is 0. The maximum atomic E-state index is 5.40.